The fraction of sp³-hybridized carbons (Fsp3) is 0.238. The highest BCUT2D eigenvalue weighted by molar-refractivity contribution is 9.08. The average Bonchev–Trinajstić information content (AvgIpc) is 2.95. The predicted molar refractivity (Wildman–Crippen MR) is 110 cm³/mol. The molecule has 0 fully saturated rings. The molecule has 3 rings (SSSR count). The van der Waals surface area contributed by atoms with Gasteiger partial charge in [-0.1, -0.05) is 51.8 Å². The Morgan fingerprint density at radius 1 is 0.962 bits per heavy atom. The number of rotatable bonds is 5. The number of anilines is 1. The van der Waals surface area contributed by atoms with Gasteiger partial charge in [0, 0.05) is 29.4 Å². The monoisotopic (exact) mass is 435 g/mol. The number of nitrogens with zero attached hydrogens (tertiary/aromatic N) is 1. The van der Waals surface area contributed by atoms with Crippen LogP contribution in [-0.4, -0.2) is 7.05 Å². The summed E-state index contributed by atoms with van der Waals surface area (Å²) in [6.07, 6.45) is 0. The first-order valence-corrected chi connectivity index (χ1v) is 10.3. The lowest BCUT2D eigenvalue weighted by Crippen LogP contribution is -2.18. The van der Waals surface area contributed by atoms with Crippen LogP contribution in [0.15, 0.2) is 42.5 Å². The van der Waals surface area contributed by atoms with E-state index in [-0.39, 0.29) is 12.1 Å². The van der Waals surface area contributed by atoms with Gasteiger partial charge in [0.2, 0.25) is 0 Å². The Balaban J connectivity index is 1.99. The molecule has 0 atom stereocenters. The van der Waals surface area contributed by atoms with Crippen LogP contribution in [0.5, 0.6) is 0 Å². The molecular weight excluding hydrogens is 416 g/mol. The summed E-state index contributed by atoms with van der Waals surface area (Å²) in [5, 5.41) is 1.76. The number of hydrogen-bond donors (Lipinski definition) is 0. The third-order valence-electron chi connectivity index (χ3n) is 4.50. The van der Waals surface area contributed by atoms with E-state index in [1.807, 2.05) is 11.9 Å². The first-order valence-electron chi connectivity index (χ1n) is 8.31. The number of benzene rings is 2. The molecule has 0 unspecified atom stereocenters. The second-order valence-electron chi connectivity index (χ2n) is 6.40. The van der Waals surface area contributed by atoms with E-state index < -0.39 is 11.6 Å². The minimum Gasteiger partial charge on any atom is -0.362 e. The van der Waals surface area contributed by atoms with Gasteiger partial charge in [-0.05, 0) is 42.7 Å². The van der Waals surface area contributed by atoms with E-state index in [0.717, 1.165) is 21.5 Å². The third-order valence-corrected chi connectivity index (χ3v) is 6.56. The molecule has 0 amide bonds. The van der Waals surface area contributed by atoms with Crippen molar-refractivity contribution in [3.05, 3.63) is 76.4 Å². The topological polar surface area (TPSA) is 3.24 Å². The normalized spacial score (nSPS) is 11.0. The van der Waals surface area contributed by atoms with Crippen molar-refractivity contribution in [2.75, 3.05) is 11.9 Å². The number of halogens is 3. The highest BCUT2D eigenvalue weighted by atomic mass is 79.9. The molecule has 26 heavy (non-hydrogen) atoms. The van der Waals surface area contributed by atoms with E-state index in [2.05, 4.69) is 54.0 Å². The lowest BCUT2D eigenvalue weighted by molar-refractivity contribution is 0.554. The molecule has 0 aliphatic heterocycles. The number of aryl methyl sites for hydroxylation is 1. The predicted octanol–water partition coefficient (Wildman–Crippen LogP) is 6.84. The molecule has 0 N–H and O–H groups in total. The highest BCUT2D eigenvalue weighted by Crippen LogP contribution is 2.43. The minimum atomic E-state index is -0.509. The van der Waals surface area contributed by atoms with Crippen molar-refractivity contribution in [1.29, 1.82) is 0 Å². The summed E-state index contributed by atoms with van der Waals surface area (Å²) in [6, 6.07) is 12.4. The Labute approximate surface area is 165 Å². The molecule has 0 spiro atoms. The molecule has 0 radical (unpaired) electrons. The fourth-order valence-corrected chi connectivity index (χ4v) is 5.17. The van der Waals surface area contributed by atoms with Crippen molar-refractivity contribution in [3.8, 4) is 10.4 Å². The third kappa shape index (κ3) is 3.69. The van der Waals surface area contributed by atoms with E-state index in [0.29, 0.717) is 0 Å². The van der Waals surface area contributed by atoms with Crippen LogP contribution in [0.3, 0.4) is 0 Å². The first kappa shape index (κ1) is 19.1. The van der Waals surface area contributed by atoms with E-state index in [9.17, 15) is 8.78 Å². The van der Waals surface area contributed by atoms with Crippen molar-refractivity contribution in [3.63, 3.8) is 0 Å². The second-order valence-corrected chi connectivity index (χ2v) is 7.96. The van der Waals surface area contributed by atoms with E-state index in [4.69, 9.17) is 0 Å². The van der Waals surface area contributed by atoms with Gasteiger partial charge < -0.3 is 4.90 Å². The van der Waals surface area contributed by atoms with Crippen molar-refractivity contribution in [1.82, 2.24) is 0 Å². The molecular formula is C21H20BrF2NS. The molecule has 1 nitrogen and oxygen atoms in total. The maximum Gasteiger partial charge on any atom is 0.131 e. The van der Waals surface area contributed by atoms with Crippen molar-refractivity contribution in [2.45, 2.75) is 25.7 Å². The molecule has 0 aliphatic carbocycles. The molecule has 0 saturated heterocycles. The van der Waals surface area contributed by atoms with Crippen LogP contribution in [0.25, 0.3) is 10.4 Å². The molecule has 2 aromatic carbocycles. The molecule has 1 heterocycles. The van der Waals surface area contributed by atoms with Gasteiger partial charge in [-0.15, -0.1) is 11.3 Å². The van der Waals surface area contributed by atoms with Crippen LogP contribution in [-0.2, 0) is 11.9 Å². The zero-order chi connectivity index (χ0) is 18.8. The van der Waals surface area contributed by atoms with Gasteiger partial charge in [0.25, 0.3) is 0 Å². The fourth-order valence-electron chi connectivity index (χ4n) is 2.99. The largest absolute Gasteiger partial charge is 0.362 e. The van der Waals surface area contributed by atoms with E-state index in [1.54, 1.807) is 11.3 Å². The summed E-state index contributed by atoms with van der Waals surface area (Å²) in [7, 11) is 1.88. The Bertz CT molecular complexity index is 898. The number of thiophene rings is 1. The summed E-state index contributed by atoms with van der Waals surface area (Å²) in [4.78, 5) is 3.11. The zero-order valence-electron chi connectivity index (χ0n) is 14.9. The number of hydrogen-bond acceptors (Lipinski definition) is 2. The maximum absolute atomic E-state index is 14.0. The summed E-state index contributed by atoms with van der Waals surface area (Å²) in [5.41, 5.74) is 4.83. The van der Waals surface area contributed by atoms with Crippen LogP contribution in [0.4, 0.5) is 13.8 Å². The standard InChI is InChI=1S/C21H20BrF2NS/c1-13-7-9-15(10-8-13)20-16(11-22)14(2)21(26-20)25(3)12-17-18(23)5-4-6-19(17)24/h4-10H,11-12H2,1-3H3. The average molecular weight is 436 g/mol. The van der Waals surface area contributed by atoms with Crippen LogP contribution in [0, 0.1) is 25.5 Å². The highest BCUT2D eigenvalue weighted by Gasteiger charge is 2.20. The number of alkyl halides is 1. The Morgan fingerprint density at radius 2 is 1.58 bits per heavy atom. The van der Waals surface area contributed by atoms with Gasteiger partial charge in [0.05, 0.1) is 5.00 Å². The quantitative estimate of drug-likeness (QED) is 0.396. The molecule has 5 heteroatoms. The lowest BCUT2D eigenvalue weighted by Gasteiger charge is -2.19. The summed E-state index contributed by atoms with van der Waals surface area (Å²) in [6.45, 7) is 4.32. The van der Waals surface area contributed by atoms with Crippen LogP contribution < -0.4 is 4.90 Å². The second kappa shape index (κ2) is 7.89. The van der Waals surface area contributed by atoms with Crippen molar-refractivity contribution < 1.29 is 8.78 Å². The summed E-state index contributed by atoms with van der Waals surface area (Å²) in [5.74, 6) is -1.02. The van der Waals surface area contributed by atoms with Gasteiger partial charge in [0.1, 0.15) is 11.6 Å². The molecule has 136 valence electrons. The van der Waals surface area contributed by atoms with Crippen LogP contribution in [0.2, 0.25) is 0 Å². The van der Waals surface area contributed by atoms with Crippen molar-refractivity contribution >= 4 is 32.3 Å². The molecule has 1 aromatic heterocycles. The molecule has 3 aromatic rings. The smallest absolute Gasteiger partial charge is 0.131 e. The van der Waals surface area contributed by atoms with Crippen LogP contribution in [0.1, 0.15) is 22.3 Å². The van der Waals surface area contributed by atoms with Crippen LogP contribution >= 0.6 is 27.3 Å². The molecule has 0 saturated carbocycles. The summed E-state index contributed by atoms with van der Waals surface area (Å²) < 4.78 is 28.0. The van der Waals surface area contributed by atoms with Gasteiger partial charge >= 0.3 is 0 Å². The van der Waals surface area contributed by atoms with Crippen molar-refractivity contribution in [2.24, 2.45) is 0 Å². The van der Waals surface area contributed by atoms with Gasteiger partial charge in [-0.25, -0.2) is 8.78 Å². The van der Waals surface area contributed by atoms with E-state index in [1.165, 1.54) is 34.2 Å². The minimum absolute atomic E-state index is 0.0973. The SMILES string of the molecule is Cc1ccc(-c2sc(N(C)Cc3c(F)cccc3F)c(C)c2CBr)cc1. The van der Waals surface area contributed by atoms with E-state index >= 15 is 0 Å². The molecule has 0 aliphatic rings. The lowest BCUT2D eigenvalue weighted by atomic mass is 10.1. The Morgan fingerprint density at radius 3 is 2.15 bits per heavy atom. The Kier molecular flexibility index (Phi) is 5.78. The van der Waals surface area contributed by atoms with Gasteiger partial charge in [-0.2, -0.15) is 0 Å². The first-order chi connectivity index (χ1) is 12.4. The zero-order valence-corrected chi connectivity index (χ0v) is 17.3. The maximum atomic E-state index is 14.0. The Hall–Kier alpha value is -1.72. The molecule has 0 bridgehead atoms. The van der Waals surface area contributed by atoms with Gasteiger partial charge in [0.15, 0.2) is 0 Å². The summed E-state index contributed by atoms with van der Waals surface area (Å²) >= 11 is 5.25. The van der Waals surface area contributed by atoms with Gasteiger partial charge in [-0.3, -0.25) is 0 Å².